The van der Waals surface area contributed by atoms with Crippen LogP contribution in [0.15, 0.2) is 24.3 Å². The molecular weight excluding hydrogens is 234 g/mol. The van der Waals surface area contributed by atoms with Gasteiger partial charge in [-0.25, -0.2) is 0 Å². The molecule has 96 valence electrons. The number of halogens is 1. The molecule has 0 fully saturated rings. The van der Waals surface area contributed by atoms with Gasteiger partial charge in [-0.2, -0.15) is 0 Å². The Morgan fingerprint density at radius 3 is 2.53 bits per heavy atom. The largest absolute Gasteiger partial charge is 0.377 e. The van der Waals surface area contributed by atoms with Gasteiger partial charge < -0.3 is 10.1 Å². The number of benzene rings is 1. The highest BCUT2D eigenvalue weighted by atomic mass is 35.5. The van der Waals surface area contributed by atoms with Crippen molar-refractivity contribution in [3.63, 3.8) is 0 Å². The third-order valence-electron chi connectivity index (χ3n) is 3.20. The first-order valence-corrected chi connectivity index (χ1v) is 6.41. The zero-order chi connectivity index (χ0) is 12.9. The minimum atomic E-state index is -0.213. The first-order chi connectivity index (χ1) is 8.01. The molecule has 0 aromatic heterocycles. The van der Waals surface area contributed by atoms with Crippen LogP contribution in [0.25, 0.3) is 0 Å². The summed E-state index contributed by atoms with van der Waals surface area (Å²) in [5.41, 5.74) is 0.945. The fourth-order valence-corrected chi connectivity index (χ4v) is 2.05. The maximum Gasteiger partial charge on any atom is 0.0778 e. The molecule has 0 spiro atoms. The molecule has 2 nitrogen and oxygen atoms in total. The predicted molar refractivity (Wildman–Crippen MR) is 73.7 cm³/mol. The van der Waals surface area contributed by atoms with Crippen molar-refractivity contribution < 1.29 is 4.74 Å². The Balaban J connectivity index is 2.84. The normalized spacial score (nSPS) is 13.7. The molecule has 0 saturated heterocycles. The zero-order valence-corrected chi connectivity index (χ0v) is 11.8. The van der Waals surface area contributed by atoms with Gasteiger partial charge in [0, 0.05) is 18.2 Å². The summed E-state index contributed by atoms with van der Waals surface area (Å²) >= 11 is 6.19. The van der Waals surface area contributed by atoms with Crippen LogP contribution < -0.4 is 5.32 Å². The van der Waals surface area contributed by atoms with Crippen LogP contribution in [0.5, 0.6) is 0 Å². The first kappa shape index (κ1) is 14.5. The zero-order valence-electron chi connectivity index (χ0n) is 11.1. The van der Waals surface area contributed by atoms with E-state index in [2.05, 4.69) is 32.2 Å². The van der Waals surface area contributed by atoms with Crippen molar-refractivity contribution in [2.24, 2.45) is 0 Å². The summed E-state index contributed by atoms with van der Waals surface area (Å²) in [5.74, 6) is 0. The van der Waals surface area contributed by atoms with Crippen LogP contribution in [-0.4, -0.2) is 25.3 Å². The third kappa shape index (κ3) is 3.98. The average Bonchev–Trinajstić information content (AvgIpc) is 2.31. The van der Waals surface area contributed by atoms with Gasteiger partial charge in [-0.05, 0) is 38.4 Å². The Bertz CT molecular complexity index is 352. The van der Waals surface area contributed by atoms with Crippen LogP contribution in [0.4, 0.5) is 0 Å². The lowest BCUT2D eigenvalue weighted by atomic mass is 9.92. The Morgan fingerprint density at radius 1 is 1.35 bits per heavy atom. The van der Waals surface area contributed by atoms with Crippen molar-refractivity contribution >= 4 is 11.6 Å². The predicted octanol–water partition coefficient (Wildman–Crippen LogP) is 3.29. The molecule has 1 N–H and O–H groups in total. The van der Waals surface area contributed by atoms with Gasteiger partial charge in [-0.15, -0.1) is 0 Å². The molecule has 1 aromatic rings. The van der Waals surface area contributed by atoms with E-state index in [0.29, 0.717) is 0 Å². The Kier molecular flexibility index (Phi) is 5.44. The van der Waals surface area contributed by atoms with Crippen LogP contribution in [0.2, 0.25) is 5.02 Å². The first-order valence-electron chi connectivity index (χ1n) is 6.03. The number of hydrogen-bond acceptors (Lipinski definition) is 2. The Morgan fingerprint density at radius 2 is 2.00 bits per heavy atom. The molecule has 1 atom stereocenters. The number of nitrogens with one attached hydrogen (secondary N) is 1. The van der Waals surface area contributed by atoms with E-state index in [0.717, 1.165) is 23.6 Å². The van der Waals surface area contributed by atoms with Crippen molar-refractivity contribution in [1.29, 1.82) is 0 Å². The lowest BCUT2D eigenvalue weighted by Gasteiger charge is -2.34. The minimum absolute atomic E-state index is 0.213. The summed E-state index contributed by atoms with van der Waals surface area (Å²) in [5, 5.41) is 4.29. The number of ether oxygens (including phenoxy) is 1. The average molecular weight is 256 g/mol. The molecule has 0 radical (unpaired) electrons. The van der Waals surface area contributed by atoms with Crippen LogP contribution in [0, 0.1) is 0 Å². The van der Waals surface area contributed by atoms with Gasteiger partial charge in [0.1, 0.15) is 0 Å². The van der Waals surface area contributed by atoms with E-state index in [9.17, 15) is 0 Å². The highest BCUT2D eigenvalue weighted by Gasteiger charge is 2.29. The number of methoxy groups -OCH3 is 1. The van der Waals surface area contributed by atoms with E-state index in [1.165, 1.54) is 0 Å². The van der Waals surface area contributed by atoms with Gasteiger partial charge >= 0.3 is 0 Å². The van der Waals surface area contributed by atoms with Gasteiger partial charge in [-0.1, -0.05) is 36.7 Å². The van der Waals surface area contributed by atoms with E-state index >= 15 is 0 Å². The lowest BCUT2D eigenvalue weighted by molar-refractivity contribution is -0.00959. The summed E-state index contributed by atoms with van der Waals surface area (Å²) in [6.07, 6.45) is 0.869. The van der Waals surface area contributed by atoms with Crippen molar-refractivity contribution in [1.82, 2.24) is 5.32 Å². The van der Waals surface area contributed by atoms with E-state index in [1.807, 2.05) is 18.2 Å². The standard InChI is InChI=1S/C14H22ClNO/c1-5-16-13(14(2,3)17-4)10-11-8-6-7-9-12(11)15/h6-9,13,16H,5,10H2,1-4H3. The summed E-state index contributed by atoms with van der Waals surface area (Å²) in [7, 11) is 1.75. The number of rotatable bonds is 6. The maximum absolute atomic E-state index is 6.19. The second kappa shape index (κ2) is 6.39. The van der Waals surface area contributed by atoms with E-state index in [4.69, 9.17) is 16.3 Å². The molecule has 0 saturated carbocycles. The van der Waals surface area contributed by atoms with Gasteiger partial charge in [0.2, 0.25) is 0 Å². The van der Waals surface area contributed by atoms with Gasteiger partial charge in [0.15, 0.2) is 0 Å². The van der Waals surface area contributed by atoms with Gasteiger partial charge in [0.05, 0.1) is 5.60 Å². The van der Waals surface area contributed by atoms with Crippen molar-refractivity contribution in [2.45, 2.75) is 38.8 Å². The summed E-state index contributed by atoms with van der Waals surface area (Å²) < 4.78 is 5.56. The third-order valence-corrected chi connectivity index (χ3v) is 3.57. The van der Waals surface area contributed by atoms with Crippen molar-refractivity contribution in [2.75, 3.05) is 13.7 Å². The highest BCUT2D eigenvalue weighted by Crippen LogP contribution is 2.22. The van der Waals surface area contributed by atoms with E-state index < -0.39 is 0 Å². The van der Waals surface area contributed by atoms with Crippen LogP contribution in [0.3, 0.4) is 0 Å². The molecule has 17 heavy (non-hydrogen) atoms. The summed E-state index contributed by atoms with van der Waals surface area (Å²) in [6.45, 7) is 7.21. The molecule has 0 amide bonds. The van der Waals surface area contributed by atoms with Crippen molar-refractivity contribution in [3.05, 3.63) is 34.9 Å². The van der Waals surface area contributed by atoms with Gasteiger partial charge in [-0.3, -0.25) is 0 Å². The number of likely N-dealkylation sites (N-methyl/N-ethyl adjacent to an activating group) is 1. The molecule has 0 aliphatic rings. The molecule has 0 heterocycles. The molecule has 0 aliphatic heterocycles. The molecule has 0 aliphatic carbocycles. The highest BCUT2D eigenvalue weighted by molar-refractivity contribution is 6.31. The topological polar surface area (TPSA) is 21.3 Å². The molecular formula is C14H22ClNO. The second-order valence-corrected chi connectivity index (χ2v) is 5.12. The molecule has 1 aromatic carbocycles. The molecule has 1 rings (SSSR count). The van der Waals surface area contributed by atoms with E-state index in [-0.39, 0.29) is 11.6 Å². The quantitative estimate of drug-likeness (QED) is 0.842. The monoisotopic (exact) mass is 255 g/mol. The van der Waals surface area contributed by atoms with Crippen LogP contribution in [0.1, 0.15) is 26.3 Å². The molecule has 0 bridgehead atoms. The fraction of sp³-hybridized carbons (Fsp3) is 0.571. The molecule has 1 unspecified atom stereocenters. The van der Waals surface area contributed by atoms with Crippen LogP contribution >= 0.6 is 11.6 Å². The van der Waals surface area contributed by atoms with E-state index in [1.54, 1.807) is 7.11 Å². The smallest absolute Gasteiger partial charge is 0.0778 e. The fourth-order valence-electron chi connectivity index (χ4n) is 1.84. The molecule has 3 heteroatoms. The number of hydrogen-bond donors (Lipinski definition) is 1. The Labute approximate surface area is 109 Å². The lowest BCUT2D eigenvalue weighted by Crippen LogP contribution is -2.49. The summed E-state index contributed by atoms with van der Waals surface area (Å²) in [4.78, 5) is 0. The summed E-state index contributed by atoms with van der Waals surface area (Å²) in [6, 6.07) is 8.22. The SMILES string of the molecule is CCNC(Cc1ccccc1Cl)C(C)(C)OC. The minimum Gasteiger partial charge on any atom is -0.377 e. The van der Waals surface area contributed by atoms with Gasteiger partial charge in [0.25, 0.3) is 0 Å². The van der Waals surface area contributed by atoms with Crippen LogP contribution in [-0.2, 0) is 11.2 Å². The maximum atomic E-state index is 6.19. The Hall–Kier alpha value is -0.570. The second-order valence-electron chi connectivity index (χ2n) is 4.71. The van der Waals surface area contributed by atoms with Crippen molar-refractivity contribution in [3.8, 4) is 0 Å².